The van der Waals surface area contributed by atoms with E-state index < -0.39 is 5.60 Å². The van der Waals surface area contributed by atoms with E-state index in [1.165, 1.54) is 12.8 Å². The average Bonchev–Trinajstić information content (AvgIpc) is 2.63. The second-order valence-corrected chi connectivity index (χ2v) is 6.27. The summed E-state index contributed by atoms with van der Waals surface area (Å²) in [6.07, 6.45) is 3.32. The van der Waals surface area contributed by atoms with Crippen molar-refractivity contribution in [1.82, 2.24) is 10.6 Å². The van der Waals surface area contributed by atoms with Gasteiger partial charge in [0.05, 0.1) is 0 Å². The van der Waals surface area contributed by atoms with E-state index in [-0.39, 0.29) is 6.09 Å². The number of fused-ring (bicyclic) bond motifs is 1. The zero-order valence-electron chi connectivity index (χ0n) is 11.1. The molecule has 0 spiro atoms. The lowest BCUT2D eigenvalue weighted by Crippen LogP contribution is -2.47. The first kappa shape index (κ1) is 12.7. The van der Waals surface area contributed by atoms with Crippen molar-refractivity contribution in [3.05, 3.63) is 0 Å². The summed E-state index contributed by atoms with van der Waals surface area (Å²) in [5.41, 5.74) is -0.411. The number of nitrogens with one attached hydrogen (secondary N) is 2. The molecular formula is C13H24N2O2. The van der Waals surface area contributed by atoms with Crippen LogP contribution in [0.3, 0.4) is 0 Å². The van der Waals surface area contributed by atoms with Crippen LogP contribution in [0.15, 0.2) is 0 Å². The largest absolute Gasteiger partial charge is 0.444 e. The highest BCUT2D eigenvalue weighted by atomic mass is 16.6. The molecule has 2 unspecified atom stereocenters. The molecular weight excluding hydrogens is 216 g/mol. The molecule has 4 nitrogen and oxygen atoms in total. The first-order valence-corrected chi connectivity index (χ1v) is 6.66. The van der Waals surface area contributed by atoms with Crippen LogP contribution in [-0.2, 0) is 4.74 Å². The molecule has 17 heavy (non-hydrogen) atoms. The number of hydrogen-bond donors (Lipinski definition) is 2. The lowest BCUT2D eigenvalue weighted by atomic mass is 9.78. The van der Waals surface area contributed by atoms with Gasteiger partial charge in [-0.25, -0.2) is 4.79 Å². The summed E-state index contributed by atoms with van der Waals surface area (Å²) < 4.78 is 5.32. The van der Waals surface area contributed by atoms with Crippen LogP contribution in [-0.4, -0.2) is 30.8 Å². The van der Waals surface area contributed by atoms with Crippen LogP contribution in [0.1, 0.15) is 40.0 Å². The molecule has 2 fully saturated rings. The average molecular weight is 240 g/mol. The quantitative estimate of drug-likeness (QED) is 0.736. The summed E-state index contributed by atoms with van der Waals surface area (Å²) in [6, 6.07) is 0.290. The maximum Gasteiger partial charge on any atom is 0.407 e. The Morgan fingerprint density at radius 3 is 2.76 bits per heavy atom. The Bertz CT molecular complexity index is 286. The van der Waals surface area contributed by atoms with Crippen molar-refractivity contribution in [3.63, 3.8) is 0 Å². The molecule has 4 heteroatoms. The topological polar surface area (TPSA) is 50.4 Å². The number of amides is 1. The second kappa shape index (κ2) is 4.84. The fourth-order valence-corrected chi connectivity index (χ4v) is 2.99. The lowest BCUT2D eigenvalue weighted by molar-refractivity contribution is 0.0461. The van der Waals surface area contributed by atoms with Gasteiger partial charge in [-0.15, -0.1) is 0 Å². The van der Waals surface area contributed by atoms with Gasteiger partial charge in [-0.1, -0.05) is 6.42 Å². The number of carbonyl (C=O) groups excluding carboxylic acids is 1. The van der Waals surface area contributed by atoms with E-state index in [1.807, 2.05) is 20.8 Å². The number of alkyl carbamates (subject to hydrolysis) is 1. The SMILES string of the molecule is CC(C)(C)OC(=O)NC1CCC[C@@H]2CNCC12. The van der Waals surface area contributed by atoms with Crippen LogP contribution in [0, 0.1) is 11.8 Å². The van der Waals surface area contributed by atoms with Crippen LogP contribution >= 0.6 is 0 Å². The van der Waals surface area contributed by atoms with Crippen LogP contribution in [0.2, 0.25) is 0 Å². The van der Waals surface area contributed by atoms with Gasteiger partial charge in [-0.05, 0) is 52.0 Å². The molecule has 0 bridgehead atoms. The molecule has 1 aliphatic carbocycles. The molecule has 2 N–H and O–H groups in total. The zero-order valence-corrected chi connectivity index (χ0v) is 11.1. The maximum absolute atomic E-state index is 11.8. The minimum absolute atomic E-state index is 0.268. The van der Waals surface area contributed by atoms with Crippen molar-refractivity contribution < 1.29 is 9.53 Å². The molecule has 0 radical (unpaired) electrons. The predicted molar refractivity (Wildman–Crippen MR) is 66.9 cm³/mol. The first-order valence-electron chi connectivity index (χ1n) is 6.66. The predicted octanol–water partition coefficient (Wildman–Crippen LogP) is 1.90. The molecule has 0 aromatic rings. The van der Waals surface area contributed by atoms with Gasteiger partial charge in [0.2, 0.25) is 0 Å². The molecule has 1 heterocycles. The minimum Gasteiger partial charge on any atom is -0.444 e. The highest BCUT2D eigenvalue weighted by molar-refractivity contribution is 5.68. The van der Waals surface area contributed by atoms with Crippen LogP contribution in [0.5, 0.6) is 0 Å². The van der Waals surface area contributed by atoms with Crippen molar-refractivity contribution in [3.8, 4) is 0 Å². The van der Waals surface area contributed by atoms with Crippen molar-refractivity contribution in [2.24, 2.45) is 11.8 Å². The Hall–Kier alpha value is -0.770. The highest BCUT2D eigenvalue weighted by Gasteiger charge is 2.37. The third kappa shape index (κ3) is 3.35. The molecule has 2 rings (SSSR count). The van der Waals surface area contributed by atoms with Gasteiger partial charge >= 0.3 is 6.09 Å². The smallest absolute Gasteiger partial charge is 0.407 e. The number of rotatable bonds is 1. The number of ether oxygens (including phenoxy) is 1. The van der Waals surface area contributed by atoms with Crippen molar-refractivity contribution in [1.29, 1.82) is 0 Å². The summed E-state index contributed by atoms with van der Waals surface area (Å²) in [7, 11) is 0. The maximum atomic E-state index is 11.8. The number of hydrogen-bond acceptors (Lipinski definition) is 3. The van der Waals surface area contributed by atoms with Crippen LogP contribution in [0.25, 0.3) is 0 Å². The Morgan fingerprint density at radius 2 is 2.06 bits per heavy atom. The van der Waals surface area contributed by atoms with Crippen molar-refractivity contribution >= 4 is 6.09 Å². The van der Waals surface area contributed by atoms with Crippen LogP contribution in [0.4, 0.5) is 4.79 Å². The Kier molecular flexibility index (Phi) is 3.61. The van der Waals surface area contributed by atoms with Gasteiger partial charge in [0.25, 0.3) is 0 Å². The molecule has 3 atom stereocenters. The molecule has 1 amide bonds. The summed E-state index contributed by atoms with van der Waals surface area (Å²) in [6.45, 7) is 7.83. The summed E-state index contributed by atoms with van der Waals surface area (Å²) >= 11 is 0. The Labute approximate surface area is 103 Å². The zero-order chi connectivity index (χ0) is 12.5. The monoisotopic (exact) mass is 240 g/mol. The normalized spacial score (nSPS) is 33.0. The fraction of sp³-hybridized carbons (Fsp3) is 0.923. The molecule has 0 aromatic carbocycles. The molecule has 0 aromatic heterocycles. The van der Waals surface area contributed by atoms with Crippen molar-refractivity contribution in [2.75, 3.05) is 13.1 Å². The third-order valence-corrected chi connectivity index (χ3v) is 3.70. The van der Waals surface area contributed by atoms with Gasteiger partial charge in [0.15, 0.2) is 0 Å². The minimum atomic E-state index is -0.411. The lowest BCUT2D eigenvalue weighted by Gasteiger charge is -2.34. The standard InChI is InChI=1S/C13H24N2O2/c1-13(2,3)17-12(16)15-11-6-4-5-9-7-14-8-10(9)11/h9-11,14H,4-8H2,1-3H3,(H,15,16)/t9-,10?,11?/m1/s1. The van der Waals surface area contributed by atoms with Crippen molar-refractivity contribution in [2.45, 2.75) is 51.7 Å². The van der Waals surface area contributed by atoms with E-state index in [9.17, 15) is 4.79 Å². The molecule has 1 saturated heterocycles. The van der Waals surface area contributed by atoms with Gasteiger partial charge in [0, 0.05) is 12.6 Å². The molecule has 1 saturated carbocycles. The summed E-state index contributed by atoms with van der Waals surface area (Å²) in [5, 5.41) is 6.47. The molecule has 1 aliphatic heterocycles. The summed E-state index contributed by atoms with van der Waals surface area (Å²) in [4.78, 5) is 11.8. The van der Waals surface area contributed by atoms with E-state index in [2.05, 4.69) is 10.6 Å². The van der Waals surface area contributed by atoms with Gasteiger partial charge in [0.1, 0.15) is 5.60 Å². The highest BCUT2D eigenvalue weighted by Crippen LogP contribution is 2.32. The van der Waals surface area contributed by atoms with Gasteiger partial charge < -0.3 is 15.4 Å². The summed E-state index contributed by atoms with van der Waals surface area (Å²) in [5.74, 6) is 1.33. The van der Waals surface area contributed by atoms with E-state index >= 15 is 0 Å². The Morgan fingerprint density at radius 1 is 1.29 bits per heavy atom. The van der Waals surface area contributed by atoms with E-state index in [0.29, 0.717) is 12.0 Å². The molecule has 2 aliphatic rings. The van der Waals surface area contributed by atoms with Gasteiger partial charge in [-0.3, -0.25) is 0 Å². The fourth-order valence-electron chi connectivity index (χ4n) is 2.99. The third-order valence-electron chi connectivity index (χ3n) is 3.70. The number of carbonyl (C=O) groups is 1. The second-order valence-electron chi connectivity index (χ2n) is 6.27. The van der Waals surface area contributed by atoms with E-state index in [0.717, 1.165) is 25.4 Å². The first-order chi connectivity index (χ1) is 7.96. The van der Waals surface area contributed by atoms with E-state index in [1.54, 1.807) is 0 Å². The van der Waals surface area contributed by atoms with Crippen LogP contribution < -0.4 is 10.6 Å². The molecule has 98 valence electrons. The van der Waals surface area contributed by atoms with E-state index in [4.69, 9.17) is 4.74 Å². The Balaban J connectivity index is 1.87. The van der Waals surface area contributed by atoms with Gasteiger partial charge in [-0.2, -0.15) is 0 Å².